The molecule has 4 heteroatoms. The monoisotopic (exact) mass is 268 g/mol. The summed E-state index contributed by atoms with van der Waals surface area (Å²) >= 11 is 0. The van der Waals surface area contributed by atoms with Crippen LogP contribution < -0.4 is 0 Å². The predicted molar refractivity (Wildman–Crippen MR) is 76.7 cm³/mol. The van der Waals surface area contributed by atoms with Crippen molar-refractivity contribution in [2.45, 2.75) is 48.0 Å². The molecular formula is C15H28N2O2. The summed E-state index contributed by atoms with van der Waals surface area (Å²) in [6.45, 7) is 14.5. The fraction of sp³-hybridized carbons (Fsp3) is 0.867. The number of rotatable bonds is 0. The molecule has 1 aliphatic rings. The van der Waals surface area contributed by atoms with Gasteiger partial charge in [-0.25, -0.2) is 0 Å². The third-order valence-electron chi connectivity index (χ3n) is 3.35. The second-order valence-electron chi connectivity index (χ2n) is 7.44. The number of amides is 2. The van der Waals surface area contributed by atoms with Crippen molar-refractivity contribution in [1.29, 1.82) is 0 Å². The Morgan fingerprint density at radius 1 is 0.684 bits per heavy atom. The molecule has 1 saturated heterocycles. The van der Waals surface area contributed by atoms with Crippen molar-refractivity contribution in [2.75, 3.05) is 26.2 Å². The van der Waals surface area contributed by atoms with E-state index < -0.39 is 0 Å². The summed E-state index contributed by atoms with van der Waals surface area (Å²) in [6.07, 6.45) is 0.865. The summed E-state index contributed by atoms with van der Waals surface area (Å²) < 4.78 is 0. The Kier molecular flexibility index (Phi) is 4.64. The van der Waals surface area contributed by atoms with Gasteiger partial charge in [0, 0.05) is 37.0 Å². The maximum absolute atomic E-state index is 12.3. The molecule has 0 aromatic rings. The first-order chi connectivity index (χ1) is 8.53. The normalized spacial score (nSPS) is 18.2. The minimum atomic E-state index is -0.344. The fourth-order valence-electron chi connectivity index (χ4n) is 2.27. The van der Waals surface area contributed by atoms with E-state index in [9.17, 15) is 9.59 Å². The molecule has 1 fully saturated rings. The molecule has 0 aliphatic carbocycles. The highest BCUT2D eigenvalue weighted by molar-refractivity contribution is 5.83. The van der Waals surface area contributed by atoms with Gasteiger partial charge in [0.1, 0.15) is 0 Å². The van der Waals surface area contributed by atoms with Crippen LogP contribution in [0.15, 0.2) is 0 Å². The highest BCUT2D eigenvalue weighted by atomic mass is 16.2. The molecule has 4 nitrogen and oxygen atoms in total. The lowest BCUT2D eigenvalue weighted by Crippen LogP contribution is -2.44. The summed E-state index contributed by atoms with van der Waals surface area (Å²) in [5, 5.41) is 0. The van der Waals surface area contributed by atoms with Crippen LogP contribution in [0.3, 0.4) is 0 Å². The van der Waals surface area contributed by atoms with E-state index in [1.165, 1.54) is 0 Å². The van der Waals surface area contributed by atoms with Crippen molar-refractivity contribution in [1.82, 2.24) is 9.80 Å². The van der Waals surface area contributed by atoms with Crippen molar-refractivity contribution in [3.05, 3.63) is 0 Å². The second kappa shape index (κ2) is 5.51. The van der Waals surface area contributed by atoms with Gasteiger partial charge in [-0.15, -0.1) is 0 Å². The number of hydrogen-bond donors (Lipinski definition) is 0. The molecule has 0 aromatic heterocycles. The molecule has 19 heavy (non-hydrogen) atoms. The molecule has 0 aromatic carbocycles. The zero-order valence-corrected chi connectivity index (χ0v) is 13.2. The smallest absolute Gasteiger partial charge is 0.228 e. The predicted octanol–water partition coefficient (Wildman–Crippen LogP) is 2.14. The molecule has 0 unspecified atom stereocenters. The van der Waals surface area contributed by atoms with Gasteiger partial charge in [-0.05, 0) is 6.42 Å². The highest BCUT2D eigenvalue weighted by Gasteiger charge is 2.32. The SMILES string of the molecule is CC(C)(C)C(=O)N1CCCN(C(=O)C(C)(C)C)CC1. The van der Waals surface area contributed by atoms with Crippen LogP contribution in [0, 0.1) is 10.8 Å². The molecule has 1 rings (SSSR count). The number of carbonyl (C=O) groups excluding carboxylic acids is 2. The zero-order chi connectivity index (χ0) is 14.8. The van der Waals surface area contributed by atoms with Crippen LogP contribution in [0.4, 0.5) is 0 Å². The number of nitrogens with zero attached hydrogens (tertiary/aromatic N) is 2. The van der Waals surface area contributed by atoms with Gasteiger partial charge < -0.3 is 9.80 Å². The van der Waals surface area contributed by atoms with Crippen molar-refractivity contribution >= 4 is 11.8 Å². The Morgan fingerprint density at radius 2 is 1.00 bits per heavy atom. The van der Waals surface area contributed by atoms with Crippen LogP contribution in [-0.2, 0) is 9.59 Å². The van der Waals surface area contributed by atoms with Gasteiger partial charge >= 0.3 is 0 Å². The van der Waals surface area contributed by atoms with Gasteiger partial charge in [0.15, 0.2) is 0 Å². The van der Waals surface area contributed by atoms with E-state index in [0.717, 1.165) is 19.5 Å². The van der Waals surface area contributed by atoms with E-state index in [4.69, 9.17) is 0 Å². The van der Waals surface area contributed by atoms with Crippen LogP contribution in [0.1, 0.15) is 48.0 Å². The Hall–Kier alpha value is -1.06. The maximum atomic E-state index is 12.3. The maximum Gasteiger partial charge on any atom is 0.228 e. The lowest BCUT2D eigenvalue weighted by atomic mass is 9.94. The van der Waals surface area contributed by atoms with E-state index in [2.05, 4.69) is 0 Å². The first-order valence-electron chi connectivity index (χ1n) is 7.12. The minimum absolute atomic E-state index is 0.178. The average molecular weight is 268 g/mol. The molecule has 2 amide bonds. The molecule has 1 aliphatic heterocycles. The zero-order valence-electron chi connectivity index (χ0n) is 13.2. The van der Waals surface area contributed by atoms with Gasteiger partial charge in [0.2, 0.25) is 11.8 Å². The average Bonchev–Trinajstić information content (AvgIpc) is 2.49. The van der Waals surface area contributed by atoms with Gasteiger partial charge in [-0.3, -0.25) is 9.59 Å². The molecule has 0 N–H and O–H groups in total. The lowest BCUT2D eigenvalue weighted by Gasteiger charge is -2.30. The third-order valence-corrected chi connectivity index (χ3v) is 3.35. The summed E-state index contributed by atoms with van der Waals surface area (Å²) in [7, 11) is 0. The van der Waals surface area contributed by atoms with Crippen LogP contribution >= 0.6 is 0 Å². The Bertz CT molecular complexity index is 316. The van der Waals surface area contributed by atoms with Gasteiger partial charge in [0.05, 0.1) is 0 Å². The fourth-order valence-corrected chi connectivity index (χ4v) is 2.27. The Morgan fingerprint density at radius 3 is 1.26 bits per heavy atom. The first-order valence-corrected chi connectivity index (χ1v) is 7.12. The van der Waals surface area contributed by atoms with E-state index in [1.54, 1.807) is 0 Å². The molecule has 110 valence electrons. The van der Waals surface area contributed by atoms with E-state index in [1.807, 2.05) is 51.3 Å². The molecule has 0 atom stereocenters. The minimum Gasteiger partial charge on any atom is -0.340 e. The first kappa shape index (κ1) is 16.0. The van der Waals surface area contributed by atoms with Crippen molar-refractivity contribution in [2.24, 2.45) is 10.8 Å². The Labute approximate surface area is 117 Å². The van der Waals surface area contributed by atoms with E-state index >= 15 is 0 Å². The molecule has 0 radical (unpaired) electrons. The van der Waals surface area contributed by atoms with Crippen LogP contribution in [0.2, 0.25) is 0 Å². The number of hydrogen-bond acceptors (Lipinski definition) is 2. The van der Waals surface area contributed by atoms with Crippen molar-refractivity contribution in [3.8, 4) is 0 Å². The molecule has 1 heterocycles. The number of carbonyl (C=O) groups is 2. The summed E-state index contributed by atoms with van der Waals surface area (Å²) in [4.78, 5) is 28.3. The largest absolute Gasteiger partial charge is 0.340 e. The van der Waals surface area contributed by atoms with Gasteiger partial charge in [0.25, 0.3) is 0 Å². The molecule has 0 spiro atoms. The Balaban J connectivity index is 2.67. The summed E-state index contributed by atoms with van der Waals surface area (Å²) in [5.41, 5.74) is -0.688. The van der Waals surface area contributed by atoms with Gasteiger partial charge in [-0.1, -0.05) is 41.5 Å². The van der Waals surface area contributed by atoms with Gasteiger partial charge in [-0.2, -0.15) is 0 Å². The third kappa shape index (κ3) is 4.22. The quantitative estimate of drug-likeness (QED) is 0.675. The summed E-state index contributed by atoms with van der Waals surface area (Å²) in [6, 6.07) is 0. The van der Waals surface area contributed by atoms with E-state index in [0.29, 0.717) is 13.1 Å². The molecule has 0 saturated carbocycles. The highest BCUT2D eigenvalue weighted by Crippen LogP contribution is 2.21. The molecule has 0 bridgehead atoms. The summed E-state index contributed by atoms with van der Waals surface area (Å²) in [5.74, 6) is 0.357. The van der Waals surface area contributed by atoms with Crippen LogP contribution in [0.25, 0.3) is 0 Å². The van der Waals surface area contributed by atoms with Crippen LogP contribution in [0.5, 0.6) is 0 Å². The van der Waals surface area contributed by atoms with Crippen LogP contribution in [-0.4, -0.2) is 47.8 Å². The lowest BCUT2D eigenvalue weighted by molar-refractivity contribution is -0.141. The standard InChI is InChI=1S/C15H28N2O2/c1-14(2,3)12(18)16-8-7-9-17(11-10-16)13(19)15(4,5)6/h7-11H2,1-6H3. The molecular weight excluding hydrogens is 240 g/mol. The van der Waals surface area contributed by atoms with Crippen molar-refractivity contribution < 1.29 is 9.59 Å². The topological polar surface area (TPSA) is 40.6 Å². The van der Waals surface area contributed by atoms with E-state index in [-0.39, 0.29) is 22.6 Å². The van der Waals surface area contributed by atoms with Crippen molar-refractivity contribution in [3.63, 3.8) is 0 Å². The second-order valence-corrected chi connectivity index (χ2v) is 7.44.